The largest absolute Gasteiger partial charge is 0.487 e. The lowest BCUT2D eigenvalue weighted by Crippen LogP contribution is -2.44. The van der Waals surface area contributed by atoms with Gasteiger partial charge in [-0.15, -0.1) is 0 Å². The SMILES string of the molecule is CC1COc2c(N3CC4CC3CN4)c(F)cc3c(=O)c(C(=O)O)cn1c23. The van der Waals surface area contributed by atoms with E-state index in [0.717, 1.165) is 13.0 Å². The van der Waals surface area contributed by atoms with Gasteiger partial charge in [-0.25, -0.2) is 9.18 Å². The Morgan fingerprint density at radius 2 is 2.27 bits per heavy atom. The van der Waals surface area contributed by atoms with Crippen LogP contribution in [-0.2, 0) is 0 Å². The molecule has 26 heavy (non-hydrogen) atoms. The minimum absolute atomic E-state index is 0.0511. The van der Waals surface area contributed by atoms with Gasteiger partial charge in [0, 0.05) is 31.4 Å². The van der Waals surface area contributed by atoms with Crippen LogP contribution in [-0.4, -0.2) is 47.4 Å². The second-order valence-electron chi connectivity index (χ2n) is 7.32. The standard InChI is InChI=1S/C18H18FN3O4/c1-8-7-26-17-14-11(16(23)12(18(24)25)6-21(8)14)3-13(19)15(17)22-5-9-2-10(22)4-20-9/h3,6,8-10,20H,2,4-5,7H2,1H3,(H,24,25). The summed E-state index contributed by atoms with van der Waals surface area (Å²) in [5.41, 5.74) is -0.174. The molecule has 3 unspecified atom stereocenters. The van der Waals surface area contributed by atoms with Crippen molar-refractivity contribution in [2.75, 3.05) is 24.6 Å². The summed E-state index contributed by atoms with van der Waals surface area (Å²) in [5.74, 6) is -1.51. The topological polar surface area (TPSA) is 83.8 Å². The summed E-state index contributed by atoms with van der Waals surface area (Å²) in [6.45, 7) is 3.66. The molecule has 1 aromatic carbocycles. The molecule has 0 spiro atoms. The van der Waals surface area contributed by atoms with Crippen molar-refractivity contribution in [2.45, 2.75) is 31.5 Å². The third-order valence-electron chi connectivity index (χ3n) is 5.72. The van der Waals surface area contributed by atoms with Crippen LogP contribution in [0.2, 0.25) is 0 Å². The van der Waals surface area contributed by atoms with E-state index in [2.05, 4.69) is 5.32 Å². The molecule has 2 N–H and O–H groups in total. The van der Waals surface area contributed by atoms with Crippen LogP contribution in [0, 0.1) is 5.82 Å². The quantitative estimate of drug-likeness (QED) is 0.842. The third-order valence-corrected chi connectivity index (χ3v) is 5.72. The van der Waals surface area contributed by atoms with Crippen LogP contribution >= 0.6 is 0 Å². The van der Waals surface area contributed by atoms with E-state index in [9.17, 15) is 14.7 Å². The second kappa shape index (κ2) is 5.20. The van der Waals surface area contributed by atoms with Crippen LogP contribution < -0.4 is 20.4 Å². The zero-order valence-electron chi connectivity index (χ0n) is 14.2. The third kappa shape index (κ3) is 1.96. The molecular formula is C18H18FN3O4. The Hall–Kier alpha value is -2.61. The van der Waals surface area contributed by atoms with Crippen molar-refractivity contribution in [1.82, 2.24) is 9.88 Å². The van der Waals surface area contributed by atoms with E-state index in [0.29, 0.717) is 36.1 Å². The number of hydrogen-bond acceptors (Lipinski definition) is 5. The molecule has 3 aliphatic rings. The Kier molecular flexibility index (Phi) is 3.13. The molecule has 1 aromatic heterocycles. The van der Waals surface area contributed by atoms with E-state index in [-0.39, 0.29) is 23.0 Å². The first kappa shape index (κ1) is 15.6. The molecule has 4 heterocycles. The molecule has 0 aliphatic carbocycles. The maximum atomic E-state index is 15.1. The van der Waals surface area contributed by atoms with Crippen LogP contribution in [0.3, 0.4) is 0 Å². The number of carbonyl (C=O) groups is 1. The Morgan fingerprint density at radius 1 is 1.46 bits per heavy atom. The van der Waals surface area contributed by atoms with Crippen LogP contribution in [0.25, 0.3) is 10.9 Å². The van der Waals surface area contributed by atoms with Gasteiger partial charge in [0.25, 0.3) is 0 Å². The lowest BCUT2D eigenvalue weighted by Gasteiger charge is -2.34. The Labute approximate surface area is 148 Å². The summed E-state index contributed by atoms with van der Waals surface area (Å²) in [6.07, 6.45) is 2.31. The molecule has 2 aromatic rings. The normalized spacial score (nSPS) is 26.4. The van der Waals surface area contributed by atoms with Gasteiger partial charge in [0.2, 0.25) is 5.43 Å². The fourth-order valence-electron chi connectivity index (χ4n) is 4.47. The average Bonchev–Trinajstić information content (AvgIpc) is 3.22. The highest BCUT2D eigenvalue weighted by atomic mass is 19.1. The lowest BCUT2D eigenvalue weighted by molar-refractivity contribution is 0.0694. The molecule has 2 bridgehead atoms. The number of nitrogens with one attached hydrogen (secondary N) is 1. The summed E-state index contributed by atoms with van der Waals surface area (Å²) in [4.78, 5) is 26.0. The fraction of sp³-hybridized carbons (Fsp3) is 0.444. The van der Waals surface area contributed by atoms with Gasteiger partial charge < -0.3 is 24.6 Å². The van der Waals surface area contributed by atoms with Gasteiger partial charge in [0.05, 0.1) is 16.9 Å². The van der Waals surface area contributed by atoms with Crippen LogP contribution in [0.5, 0.6) is 5.75 Å². The molecule has 8 heteroatoms. The van der Waals surface area contributed by atoms with E-state index in [1.54, 1.807) is 4.57 Å². The summed E-state index contributed by atoms with van der Waals surface area (Å²) in [5, 5.41) is 12.8. The molecule has 0 radical (unpaired) electrons. The molecule has 0 saturated carbocycles. The lowest BCUT2D eigenvalue weighted by atomic mass is 10.1. The predicted molar refractivity (Wildman–Crippen MR) is 92.9 cm³/mol. The zero-order chi connectivity index (χ0) is 18.2. The number of anilines is 1. The van der Waals surface area contributed by atoms with Gasteiger partial charge in [0.1, 0.15) is 17.9 Å². The number of fused-ring (bicyclic) bond motifs is 2. The van der Waals surface area contributed by atoms with E-state index in [4.69, 9.17) is 4.74 Å². The van der Waals surface area contributed by atoms with Crippen LogP contribution in [0.15, 0.2) is 17.1 Å². The molecular weight excluding hydrogens is 341 g/mol. The summed E-state index contributed by atoms with van der Waals surface area (Å²) in [7, 11) is 0. The van der Waals surface area contributed by atoms with Gasteiger partial charge >= 0.3 is 5.97 Å². The summed E-state index contributed by atoms with van der Waals surface area (Å²) < 4.78 is 22.7. The minimum atomic E-state index is -1.31. The first-order valence-electron chi connectivity index (χ1n) is 8.73. The van der Waals surface area contributed by atoms with Gasteiger partial charge in [-0.3, -0.25) is 4.79 Å². The van der Waals surface area contributed by atoms with Crippen molar-refractivity contribution in [3.05, 3.63) is 33.9 Å². The van der Waals surface area contributed by atoms with Crippen molar-refractivity contribution in [1.29, 1.82) is 0 Å². The molecule has 7 nitrogen and oxygen atoms in total. The van der Waals surface area contributed by atoms with Crippen LogP contribution in [0.4, 0.5) is 10.1 Å². The van der Waals surface area contributed by atoms with E-state index in [1.165, 1.54) is 12.3 Å². The molecule has 5 rings (SSSR count). The fourth-order valence-corrected chi connectivity index (χ4v) is 4.47. The minimum Gasteiger partial charge on any atom is -0.487 e. The van der Waals surface area contributed by atoms with E-state index >= 15 is 4.39 Å². The Bertz CT molecular complexity index is 1020. The first-order chi connectivity index (χ1) is 12.5. The first-order valence-corrected chi connectivity index (χ1v) is 8.73. The van der Waals surface area contributed by atoms with Crippen LogP contribution in [0.1, 0.15) is 29.7 Å². The summed E-state index contributed by atoms with van der Waals surface area (Å²) in [6, 6.07) is 1.55. The Balaban J connectivity index is 1.83. The molecule has 2 fully saturated rings. The number of hydrogen-bond donors (Lipinski definition) is 2. The molecule has 0 amide bonds. The number of piperazine rings is 1. The van der Waals surface area contributed by atoms with Crippen molar-refractivity contribution < 1.29 is 19.0 Å². The number of carboxylic acid groups (broad SMARTS) is 1. The predicted octanol–water partition coefficient (Wildman–Crippen LogP) is 1.34. The highest BCUT2D eigenvalue weighted by molar-refractivity contribution is 5.97. The number of aromatic carboxylic acids is 1. The number of aromatic nitrogens is 1. The monoisotopic (exact) mass is 359 g/mol. The number of benzene rings is 1. The molecule has 136 valence electrons. The van der Waals surface area contributed by atoms with Gasteiger partial charge in [-0.1, -0.05) is 0 Å². The van der Waals surface area contributed by atoms with E-state index in [1.807, 2.05) is 11.8 Å². The average molecular weight is 359 g/mol. The number of pyridine rings is 1. The molecule has 2 saturated heterocycles. The summed E-state index contributed by atoms with van der Waals surface area (Å²) >= 11 is 0. The molecule has 3 atom stereocenters. The number of carboxylic acids is 1. The number of rotatable bonds is 2. The zero-order valence-corrected chi connectivity index (χ0v) is 14.2. The number of halogens is 1. The highest BCUT2D eigenvalue weighted by Gasteiger charge is 2.41. The Morgan fingerprint density at radius 3 is 2.92 bits per heavy atom. The highest BCUT2D eigenvalue weighted by Crippen LogP contribution is 2.44. The van der Waals surface area contributed by atoms with Crippen molar-refractivity contribution in [2.24, 2.45) is 0 Å². The maximum Gasteiger partial charge on any atom is 0.341 e. The number of nitrogens with zero attached hydrogens (tertiary/aromatic N) is 2. The number of ether oxygens (including phenoxy) is 1. The second-order valence-corrected chi connectivity index (χ2v) is 7.32. The smallest absolute Gasteiger partial charge is 0.341 e. The molecule has 3 aliphatic heterocycles. The van der Waals surface area contributed by atoms with Gasteiger partial charge in [-0.2, -0.15) is 0 Å². The van der Waals surface area contributed by atoms with Crippen molar-refractivity contribution in [3.8, 4) is 5.75 Å². The van der Waals surface area contributed by atoms with Crippen molar-refractivity contribution >= 4 is 22.6 Å². The van der Waals surface area contributed by atoms with E-state index < -0.39 is 17.2 Å². The maximum absolute atomic E-state index is 15.1. The van der Waals surface area contributed by atoms with Gasteiger partial charge in [-0.05, 0) is 19.4 Å². The van der Waals surface area contributed by atoms with Crippen molar-refractivity contribution in [3.63, 3.8) is 0 Å². The van der Waals surface area contributed by atoms with Gasteiger partial charge in [0.15, 0.2) is 11.6 Å².